The molecule has 0 aliphatic carbocycles. The van der Waals surface area contributed by atoms with Crippen LogP contribution in [-0.4, -0.2) is 12.0 Å². The fraction of sp³-hybridized carbons (Fsp3) is 0.0417. The van der Waals surface area contributed by atoms with Crippen LogP contribution in [0.15, 0.2) is 84.9 Å². The normalized spacial score (nSPS) is 10.6. The Balaban J connectivity index is 2.10. The first-order valence-electron chi connectivity index (χ1n) is 9.58. The highest BCUT2D eigenvalue weighted by atomic mass is 35.5. The molecular weight excluding hydrogens is 432 g/mol. The third kappa shape index (κ3) is 3.81. The molecule has 0 radical (unpaired) electrons. The van der Waals surface area contributed by atoms with Crippen molar-refractivity contribution >= 4 is 17.3 Å². The van der Waals surface area contributed by atoms with E-state index in [-0.39, 0.29) is 27.9 Å². The van der Waals surface area contributed by atoms with E-state index in [0.717, 1.165) is 0 Å². The zero-order valence-electron chi connectivity index (χ0n) is 16.9. The third-order valence-electron chi connectivity index (χ3n) is 4.83. The third-order valence-corrected chi connectivity index (χ3v) is 5.17. The lowest BCUT2D eigenvalue weighted by atomic mass is 10.0. The minimum Gasteiger partial charge on any atom is -0.617 e. The van der Waals surface area contributed by atoms with Crippen molar-refractivity contribution in [2.75, 3.05) is 7.11 Å². The van der Waals surface area contributed by atoms with Gasteiger partial charge in [-0.1, -0.05) is 60.7 Å². The van der Waals surface area contributed by atoms with Crippen LogP contribution in [-0.2, 0) is 0 Å². The Bertz CT molecular complexity index is 1280. The van der Waals surface area contributed by atoms with Crippen LogP contribution in [0.2, 0.25) is 5.15 Å². The van der Waals surface area contributed by atoms with Gasteiger partial charge >= 0.3 is 10.8 Å². The fourth-order valence-electron chi connectivity index (χ4n) is 3.40. The fourth-order valence-corrected chi connectivity index (χ4v) is 3.69. The molecule has 0 fully saturated rings. The summed E-state index contributed by atoms with van der Waals surface area (Å²) >= 11 is 6.43. The Morgan fingerprint density at radius 2 is 1.38 bits per heavy atom. The van der Waals surface area contributed by atoms with Gasteiger partial charge in [0.05, 0.1) is 17.6 Å². The second-order valence-corrected chi connectivity index (χ2v) is 7.09. The Morgan fingerprint density at radius 1 is 0.844 bits per heavy atom. The van der Waals surface area contributed by atoms with Crippen molar-refractivity contribution in [2.24, 2.45) is 0 Å². The van der Waals surface area contributed by atoms with Gasteiger partial charge in [-0.05, 0) is 41.4 Å². The molecule has 0 spiro atoms. The molecule has 32 heavy (non-hydrogen) atoms. The topological polar surface area (TPSA) is 88.5 Å². The van der Waals surface area contributed by atoms with E-state index < -0.39 is 10.6 Å². The van der Waals surface area contributed by atoms with Gasteiger partial charge in [-0.2, -0.15) is 0 Å². The van der Waals surface area contributed by atoms with Crippen molar-refractivity contribution in [2.45, 2.75) is 0 Å². The van der Waals surface area contributed by atoms with Gasteiger partial charge in [0.15, 0.2) is 11.5 Å². The van der Waals surface area contributed by atoms with Gasteiger partial charge < -0.3 is 14.7 Å². The molecule has 4 rings (SSSR count). The zero-order valence-corrected chi connectivity index (χ0v) is 17.7. The predicted molar refractivity (Wildman–Crippen MR) is 121 cm³/mol. The Morgan fingerprint density at radius 3 is 1.94 bits per heavy atom. The summed E-state index contributed by atoms with van der Waals surface area (Å²) in [4.78, 5) is 11.7. The number of nitrogens with zero attached hydrogens (tertiary/aromatic N) is 2. The van der Waals surface area contributed by atoms with Crippen molar-refractivity contribution in [1.82, 2.24) is 0 Å². The van der Waals surface area contributed by atoms with Crippen LogP contribution < -0.4 is 14.2 Å². The molecule has 1 heterocycles. The van der Waals surface area contributed by atoms with Crippen LogP contribution >= 0.6 is 11.6 Å². The molecule has 8 heteroatoms. The van der Waals surface area contributed by atoms with Gasteiger partial charge in [0.2, 0.25) is 0 Å². The molecule has 4 aromatic rings. The average Bonchev–Trinajstić information content (AvgIpc) is 2.82. The number of aromatic nitrogens is 1. The van der Waals surface area contributed by atoms with Gasteiger partial charge in [0.1, 0.15) is 5.56 Å². The van der Waals surface area contributed by atoms with Crippen molar-refractivity contribution in [3.05, 3.63) is 105 Å². The van der Waals surface area contributed by atoms with E-state index in [2.05, 4.69) is 0 Å². The first kappa shape index (κ1) is 21.1. The highest BCUT2D eigenvalue weighted by Crippen LogP contribution is 2.48. The predicted octanol–water partition coefficient (Wildman–Crippen LogP) is 6.02. The highest BCUT2D eigenvalue weighted by molar-refractivity contribution is 6.32. The summed E-state index contributed by atoms with van der Waals surface area (Å²) in [6, 6.07) is 23.7. The van der Waals surface area contributed by atoms with E-state index in [0.29, 0.717) is 21.6 Å². The monoisotopic (exact) mass is 448 g/mol. The molecule has 160 valence electrons. The molecule has 0 bridgehead atoms. The number of hydrogen-bond donors (Lipinski definition) is 0. The summed E-state index contributed by atoms with van der Waals surface area (Å²) < 4.78 is 11.8. The molecule has 0 amide bonds. The number of benzene rings is 3. The number of hydrogen-bond acceptors (Lipinski definition) is 5. The van der Waals surface area contributed by atoms with Crippen LogP contribution in [0.5, 0.6) is 17.2 Å². The Kier molecular flexibility index (Phi) is 5.91. The average molecular weight is 449 g/mol. The number of ether oxygens (including phenoxy) is 2. The molecule has 0 unspecified atom stereocenters. The van der Waals surface area contributed by atoms with E-state index >= 15 is 0 Å². The largest absolute Gasteiger partial charge is 0.617 e. The number of para-hydroxylation sites is 2. The molecule has 0 atom stereocenters. The van der Waals surface area contributed by atoms with E-state index in [9.17, 15) is 15.3 Å². The van der Waals surface area contributed by atoms with E-state index in [1.807, 2.05) is 0 Å². The van der Waals surface area contributed by atoms with E-state index in [4.69, 9.17) is 21.1 Å². The Labute approximate surface area is 188 Å². The van der Waals surface area contributed by atoms with Crippen LogP contribution in [0.1, 0.15) is 0 Å². The number of halogens is 1. The summed E-state index contributed by atoms with van der Waals surface area (Å²) in [6.45, 7) is 0. The summed E-state index contributed by atoms with van der Waals surface area (Å²) in [5.74, 6) is 0.343. The second-order valence-electron chi connectivity index (χ2n) is 6.73. The molecular formula is C24H17ClN2O5. The van der Waals surface area contributed by atoms with Crippen molar-refractivity contribution in [1.29, 1.82) is 0 Å². The summed E-state index contributed by atoms with van der Waals surface area (Å²) in [5, 5.41) is 25.4. The standard InChI is InChI=1S/C24H17ClN2O5/c1-31-18-14-8-9-15-19(18)32-23-21(17-12-6-3-7-13-17)26(28)24(25)20(22(23)27(29)30)16-10-4-2-5-11-16/h2-15H,1H3. The lowest BCUT2D eigenvalue weighted by Gasteiger charge is -2.17. The quantitative estimate of drug-likeness (QED) is 0.118. The van der Waals surface area contributed by atoms with E-state index in [1.54, 1.807) is 84.9 Å². The molecule has 0 saturated heterocycles. The Hall–Kier alpha value is -4.10. The number of methoxy groups -OCH3 is 1. The summed E-state index contributed by atoms with van der Waals surface area (Å²) in [7, 11) is 1.46. The molecule has 0 aliphatic heterocycles. The number of pyridine rings is 1. The maximum absolute atomic E-state index is 13.4. The molecule has 0 N–H and O–H groups in total. The molecule has 3 aromatic carbocycles. The SMILES string of the molecule is COc1ccccc1Oc1c([N+](=O)[O-])c(-c2ccccc2)c(Cl)[n+]([O-])c1-c1ccccc1. The maximum Gasteiger partial charge on any atom is 0.334 e. The minimum atomic E-state index is -0.592. The zero-order chi connectivity index (χ0) is 22.7. The molecule has 1 aromatic heterocycles. The lowest BCUT2D eigenvalue weighted by molar-refractivity contribution is -0.591. The number of nitro groups is 1. The first-order chi connectivity index (χ1) is 15.5. The van der Waals surface area contributed by atoms with Gasteiger partial charge in [-0.25, -0.2) is 0 Å². The van der Waals surface area contributed by atoms with Gasteiger partial charge in [0, 0.05) is 0 Å². The van der Waals surface area contributed by atoms with Gasteiger partial charge in [0.25, 0.3) is 11.4 Å². The molecule has 7 nitrogen and oxygen atoms in total. The van der Waals surface area contributed by atoms with Crippen LogP contribution in [0.25, 0.3) is 22.4 Å². The van der Waals surface area contributed by atoms with E-state index in [1.165, 1.54) is 7.11 Å². The smallest absolute Gasteiger partial charge is 0.334 e. The second kappa shape index (κ2) is 8.95. The maximum atomic E-state index is 13.4. The highest BCUT2D eigenvalue weighted by Gasteiger charge is 2.38. The number of rotatable bonds is 6. The van der Waals surface area contributed by atoms with Crippen LogP contribution in [0.4, 0.5) is 5.69 Å². The van der Waals surface area contributed by atoms with Crippen molar-refractivity contribution in [3.8, 4) is 39.6 Å². The van der Waals surface area contributed by atoms with Crippen molar-refractivity contribution in [3.63, 3.8) is 0 Å². The van der Waals surface area contributed by atoms with Crippen molar-refractivity contribution < 1.29 is 19.1 Å². The minimum absolute atomic E-state index is 0.0307. The van der Waals surface area contributed by atoms with Gasteiger partial charge in [-0.3, -0.25) is 10.1 Å². The molecule has 0 saturated carbocycles. The summed E-state index contributed by atoms with van der Waals surface area (Å²) in [6.07, 6.45) is 0. The lowest BCUT2D eigenvalue weighted by Crippen LogP contribution is -2.32. The van der Waals surface area contributed by atoms with Gasteiger partial charge in [-0.15, -0.1) is 4.73 Å². The first-order valence-corrected chi connectivity index (χ1v) is 9.95. The molecule has 0 aliphatic rings. The summed E-state index contributed by atoms with van der Waals surface area (Å²) in [5.41, 5.74) is 0.304. The van der Waals surface area contributed by atoms with Crippen LogP contribution in [0, 0.1) is 15.3 Å². The van der Waals surface area contributed by atoms with Crippen LogP contribution in [0.3, 0.4) is 0 Å².